The monoisotopic (exact) mass is 438 g/mol. The molecule has 0 spiro atoms. The van der Waals surface area contributed by atoms with Gasteiger partial charge in [0.2, 0.25) is 11.9 Å². The third-order valence-corrected chi connectivity index (χ3v) is 7.13. The van der Waals surface area contributed by atoms with Gasteiger partial charge in [0.15, 0.2) is 0 Å². The van der Waals surface area contributed by atoms with Crippen molar-refractivity contribution < 1.29 is 9.18 Å². The number of hydrazine groups is 1. The van der Waals surface area contributed by atoms with Crippen molar-refractivity contribution in [3.05, 3.63) is 42.0 Å². The highest BCUT2D eigenvalue weighted by Gasteiger charge is 2.45. The molecule has 3 aliphatic rings. The van der Waals surface area contributed by atoms with Crippen LogP contribution in [0.1, 0.15) is 50.3 Å². The molecule has 7 nitrogen and oxygen atoms in total. The maximum atomic E-state index is 14.0. The second kappa shape index (κ2) is 8.75. The molecule has 8 heteroatoms. The van der Waals surface area contributed by atoms with Crippen LogP contribution in [0.15, 0.2) is 30.5 Å². The van der Waals surface area contributed by atoms with Crippen molar-refractivity contribution in [2.75, 3.05) is 25.5 Å². The number of nitrogens with zero attached hydrogens (tertiary/aromatic N) is 4. The molecule has 3 heterocycles. The minimum atomic E-state index is -0.296. The van der Waals surface area contributed by atoms with Gasteiger partial charge in [-0.05, 0) is 49.8 Å². The van der Waals surface area contributed by atoms with E-state index in [9.17, 15) is 9.18 Å². The maximum Gasteiger partial charge on any atom is 0.241 e. The van der Waals surface area contributed by atoms with E-state index in [-0.39, 0.29) is 23.8 Å². The van der Waals surface area contributed by atoms with Crippen LogP contribution in [-0.4, -0.2) is 53.5 Å². The first-order valence-electron chi connectivity index (χ1n) is 11.6. The summed E-state index contributed by atoms with van der Waals surface area (Å²) in [7, 11) is 3.80. The van der Waals surface area contributed by atoms with Crippen LogP contribution < -0.4 is 15.8 Å². The fourth-order valence-corrected chi connectivity index (χ4v) is 5.51. The highest BCUT2D eigenvalue weighted by molar-refractivity contribution is 5.83. The zero-order valence-electron chi connectivity index (χ0n) is 18.7. The van der Waals surface area contributed by atoms with Crippen LogP contribution >= 0.6 is 0 Å². The number of carbonyl (C=O) groups is 1. The Labute approximate surface area is 188 Å². The van der Waals surface area contributed by atoms with Crippen LogP contribution in [0.3, 0.4) is 0 Å². The van der Waals surface area contributed by atoms with Crippen molar-refractivity contribution >= 4 is 11.9 Å². The normalized spacial score (nSPS) is 27.4. The lowest BCUT2D eigenvalue weighted by Crippen LogP contribution is -2.50. The lowest BCUT2D eigenvalue weighted by molar-refractivity contribution is -0.138. The summed E-state index contributed by atoms with van der Waals surface area (Å²) < 4.78 is 14.0. The van der Waals surface area contributed by atoms with Crippen LogP contribution in [0, 0.1) is 11.7 Å². The zero-order chi connectivity index (χ0) is 22.2. The highest BCUT2D eigenvalue weighted by Crippen LogP contribution is 2.39. The second-order valence-corrected chi connectivity index (χ2v) is 9.38. The first-order chi connectivity index (χ1) is 15.5. The molecule has 5 rings (SSSR count). The van der Waals surface area contributed by atoms with Gasteiger partial charge in [-0.1, -0.05) is 18.6 Å². The SMILES string of the molecule is CN(C)c1ncc(-c2cccc(F)c2)c(C2CCCCN2C(=O)C2NNC3CCCC32)n1. The Morgan fingerprint density at radius 2 is 2.03 bits per heavy atom. The number of fused-ring (bicyclic) bond motifs is 1. The van der Waals surface area contributed by atoms with Gasteiger partial charge in [-0.2, -0.15) is 0 Å². The number of rotatable bonds is 4. The van der Waals surface area contributed by atoms with E-state index in [2.05, 4.69) is 15.8 Å². The summed E-state index contributed by atoms with van der Waals surface area (Å²) in [6.07, 6.45) is 7.98. The van der Waals surface area contributed by atoms with Gasteiger partial charge in [0.05, 0.1) is 11.7 Å². The van der Waals surface area contributed by atoms with Gasteiger partial charge in [-0.25, -0.2) is 19.8 Å². The van der Waals surface area contributed by atoms with Crippen LogP contribution in [-0.2, 0) is 4.79 Å². The second-order valence-electron chi connectivity index (χ2n) is 9.38. The predicted molar refractivity (Wildman–Crippen MR) is 121 cm³/mol. The number of hydrogen-bond donors (Lipinski definition) is 2. The van der Waals surface area contributed by atoms with Crippen LogP contribution in [0.2, 0.25) is 0 Å². The Balaban J connectivity index is 1.53. The molecule has 2 saturated heterocycles. The van der Waals surface area contributed by atoms with Crippen molar-refractivity contribution in [3.63, 3.8) is 0 Å². The molecule has 1 saturated carbocycles. The molecule has 170 valence electrons. The topological polar surface area (TPSA) is 73.4 Å². The first kappa shape index (κ1) is 21.3. The number of benzene rings is 1. The third kappa shape index (κ3) is 3.86. The molecular weight excluding hydrogens is 407 g/mol. The fourth-order valence-electron chi connectivity index (χ4n) is 5.51. The van der Waals surface area contributed by atoms with Crippen LogP contribution in [0.25, 0.3) is 11.1 Å². The Morgan fingerprint density at radius 3 is 2.84 bits per heavy atom. The number of piperidine rings is 1. The van der Waals surface area contributed by atoms with E-state index in [0.717, 1.165) is 48.9 Å². The van der Waals surface area contributed by atoms with E-state index in [1.54, 1.807) is 12.3 Å². The predicted octanol–water partition coefficient (Wildman–Crippen LogP) is 3.05. The Kier molecular flexibility index (Phi) is 5.82. The van der Waals surface area contributed by atoms with E-state index in [0.29, 0.717) is 24.5 Å². The average Bonchev–Trinajstić information content (AvgIpc) is 3.42. The molecule has 2 aliphatic heterocycles. The summed E-state index contributed by atoms with van der Waals surface area (Å²) in [6, 6.07) is 6.56. The van der Waals surface area contributed by atoms with E-state index in [1.165, 1.54) is 18.6 Å². The number of nitrogens with one attached hydrogen (secondary N) is 2. The van der Waals surface area contributed by atoms with E-state index >= 15 is 0 Å². The smallest absolute Gasteiger partial charge is 0.241 e. The maximum absolute atomic E-state index is 14.0. The molecule has 4 atom stereocenters. The van der Waals surface area contributed by atoms with Gasteiger partial charge >= 0.3 is 0 Å². The molecule has 1 aliphatic carbocycles. The molecular formula is C24H31FN6O. The molecule has 1 aromatic heterocycles. The molecule has 1 aromatic carbocycles. The quantitative estimate of drug-likeness (QED) is 0.765. The number of halogens is 1. The Bertz CT molecular complexity index is 998. The fraction of sp³-hybridized carbons (Fsp3) is 0.542. The summed E-state index contributed by atoms with van der Waals surface area (Å²) in [5.41, 5.74) is 8.94. The van der Waals surface area contributed by atoms with Crippen molar-refractivity contribution in [2.24, 2.45) is 5.92 Å². The summed E-state index contributed by atoms with van der Waals surface area (Å²) in [5.74, 6) is 0.784. The van der Waals surface area contributed by atoms with E-state index in [4.69, 9.17) is 4.98 Å². The number of aromatic nitrogens is 2. The highest BCUT2D eigenvalue weighted by atomic mass is 19.1. The molecule has 0 radical (unpaired) electrons. The van der Waals surface area contributed by atoms with Crippen molar-refractivity contribution in [1.29, 1.82) is 0 Å². The Hall–Kier alpha value is -2.58. The van der Waals surface area contributed by atoms with Crippen molar-refractivity contribution in [3.8, 4) is 11.1 Å². The van der Waals surface area contributed by atoms with E-state index in [1.807, 2.05) is 30.0 Å². The molecule has 2 aromatic rings. The summed E-state index contributed by atoms with van der Waals surface area (Å²) in [4.78, 5) is 27.0. The summed E-state index contributed by atoms with van der Waals surface area (Å²) >= 11 is 0. The summed E-state index contributed by atoms with van der Waals surface area (Å²) in [6.45, 7) is 0.711. The van der Waals surface area contributed by atoms with Crippen molar-refractivity contribution in [1.82, 2.24) is 25.7 Å². The number of likely N-dealkylation sites (tertiary alicyclic amines) is 1. The number of amides is 1. The Morgan fingerprint density at radius 1 is 1.16 bits per heavy atom. The first-order valence-corrected chi connectivity index (χ1v) is 11.6. The minimum absolute atomic E-state index is 0.145. The van der Waals surface area contributed by atoms with E-state index < -0.39 is 0 Å². The van der Waals surface area contributed by atoms with Gasteiger partial charge in [0.25, 0.3) is 0 Å². The number of carbonyl (C=O) groups excluding carboxylic acids is 1. The number of hydrogen-bond acceptors (Lipinski definition) is 6. The van der Waals surface area contributed by atoms with Gasteiger partial charge in [-0.15, -0.1) is 0 Å². The zero-order valence-corrected chi connectivity index (χ0v) is 18.7. The van der Waals surface area contributed by atoms with Crippen LogP contribution in [0.4, 0.5) is 10.3 Å². The largest absolute Gasteiger partial charge is 0.347 e. The third-order valence-electron chi connectivity index (χ3n) is 7.13. The standard InChI is InChI=1S/C24H31FN6O/c1-30(2)24-26-14-18(15-7-5-8-16(25)13-15)21(27-24)20-11-3-4-12-31(20)23(32)22-17-9-6-10-19(17)28-29-22/h5,7-8,13-14,17,19-20,22,28-29H,3-4,6,9-12H2,1-2H3. The molecule has 4 unspecified atom stereocenters. The van der Waals surface area contributed by atoms with Gasteiger partial charge in [0.1, 0.15) is 11.9 Å². The van der Waals surface area contributed by atoms with Gasteiger partial charge in [0, 0.05) is 44.4 Å². The molecule has 3 fully saturated rings. The minimum Gasteiger partial charge on any atom is -0.347 e. The van der Waals surface area contributed by atoms with Crippen molar-refractivity contribution in [2.45, 2.75) is 56.7 Å². The molecule has 2 N–H and O–H groups in total. The molecule has 0 bridgehead atoms. The van der Waals surface area contributed by atoms with Gasteiger partial charge in [-0.3, -0.25) is 10.2 Å². The van der Waals surface area contributed by atoms with Gasteiger partial charge < -0.3 is 9.80 Å². The number of anilines is 1. The molecule has 1 amide bonds. The van der Waals surface area contributed by atoms with Crippen LogP contribution in [0.5, 0.6) is 0 Å². The lowest BCUT2D eigenvalue weighted by atomic mass is 9.91. The summed E-state index contributed by atoms with van der Waals surface area (Å²) in [5, 5.41) is 0. The lowest BCUT2D eigenvalue weighted by Gasteiger charge is -2.38. The molecule has 32 heavy (non-hydrogen) atoms. The average molecular weight is 439 g/mol.